The lowest BCUT2D eigenvalue weighted by Crippen LogP contribution is -2.07. The number of carbonyl (C=O) groups excluding carboxylic acids is 1. The SMILES string of the molecule is COc1ccc2c(C=O)c(C(C)C)n(Cc3cc(C)on3)c2c1. The lowest BCUT2D eigenvalue weighted by atomic mass is 10.0. The second-order valence-corrected chi connectivity index (χ2v) is 5.97. The van der Waals surface area contributed by atoms with Gasteiger partial charge in [0.2, 0.25) is 0 Å². The van der Waals surface area contributed by atoms with E-state index in [0.29, 0.717) is 6.54 Å². The molecule has 0 saturated heterocycles. The van der Waals surface area contributed by atoms with Crippen LogP contribution in [0.2, 0.25) is 0 Å². The van der Waals surface area contributed by atoms with Gasteiger partial charge >= 0.3 is 0 Å². The van der Waals surface area contributed by atoms with Gasteiger partial charge in [0.1, 0.15) is 17.2 Å². The van der Waals surface area contributed by atoms with Crippen LogP contribution in [0.4, 0.5) is 0 Å². The van der Waals surface area contributed by atoms with E-state index in [2.05, 4.69) is 23.6 Å². The van der Waals surface area contributed by atoms with E-state index in [4.69, 9.17) is 9.26 Å². The van der Waals surface area contributed by atoms with Crippen molar-refractivity contribution in [2.45, 2.75) is 33.2 Å². The Bertz CT molecular complexity index is 859. The van der Waals surface area contributed by atoms with Crippen molar-refractivity contribution < 1.29 is 14.1 Å². The van der Waals surface area contributed by atoms with Crippen molar-refractivity contribution in [2.75, 3.05) is 7.11 Å². The second-order valence-electron chi connectivity index (χ2n) is 5.97. The van der Waals surface area contributed by atoms with Crippen LogP contribution in [0.5, 0.6) is 5.75 Å². The lowest BCUT2D eigenvalue weighted by Gasteiger charge is -2.13. The Balaban J connectivity index is 2.26. The summed E-state index contributed by atoms with van der Waals surface area (Å²) in [5.41, 5.74) is 3.54. The topological polar surface area (TPSA) is 57.3 Å². The maximum Gasteiger partial charge on any atom is 0.152 e. The van der Waals surface area contributed by atoms with Gasteiger partial charge in [0.05, 0.1) is 19.2 Å². The molecule has 0 unspecified atom stereocenters. The van der Waals surface area contributed by atoms with Gasteiger partial charge in [0.15, 0.2) is 6.29 Å². The first-order valence-electron chi connectivity index (χ1n) is 7.62. The van der Waals surface area contributed by atoms with E-state index >= 15 is 0 Å². The minimum atomic E-state index is 0.210. The van der Waals surface area contributed by atoms with Crippen LogP contribution in [-0.4, -0.2) is 23.1 Å². The van der Waals surface area contributed by atoms with Crippen LogP contribution in [0.25, 0.3) is 10.9 Å². The maximum atomic E-state index is 11.7. The summed E-state index contributed by atoms with van der Waals surface area (Å²) in [5.74, 6) is 1.75. The van der Waals surface area contributed by atoms with Crippen molar-refractivity contribution in [1.82, 2.24) is 9.72 Å². The van der Waals surface area contributed by atoms with Crippen LogP contribution in [0.3, 0.4) is 0 Å². The Kier molecular flexibility index (Phi) is 3.94. The zero-order chi connectivity index (χ0) is 16.6. The van der Waals surface area contributed by atoms with Gasteiger partial charge in [0, 0.05) is 28.8 Å². The molecule has 0 atom stereocenters. The van der Waals surface area contributed by atoms with Gasteiger partial charge in [0.25, 0.3) is 0 Å². The molecule has 120 valence electrons. The van der Waals surface area contributed by atoms with E-state index < -0.39 is 0 Å². The fraction of sp³-hybridized carbons (Fsp3) is 0.333. The molecule has 5 nitrogen and oxygen atoms in total. The number of aldehydes is 1. The number of rotatable bonds is 5. The smallest absolute Gasteiger partial charge is 0.152 e. The van der Waals surface area contributed by atoms with Gasteiger partial charge < -0.3 is 13.8 Å². The van der Waals surface area contributed by atoms with Crippen molar-refractivity contribution in [1.29, 1.82) is 0 Å². The molecule has 0 amide bonds. The molecule has 0 bridgehead atoms. The maximum absolute atomic E-state index is 11.7. The standard InChI is InChI=1S/C18H20N2O3/c1-11(2)18-16(10-21)15-6-5-14(22-4)8-17(15)20(18)9-13-7-12(3)23-19-13/h5-8,10-11H,9H2,1-4H3. The Hall–Kier alpha value is -2.56. The zero-order valence-corrected chi connectivity index (χ0v) is 13.8. The molecule has 3 rings (SSSR count). The van der Waals surface area contributed by atoms with E-state index in [9.17, 15) is 4.79 Å². The summed E-state index contributed by atoms with van der Waals surface area (Å²) >= 11 is 0. The first kappa shape index (κ1) is 15.3. The van der Waals surface area contributed by atoms with E-state index in [-0.39, 0.29) is 5.92 Å². The highest BCUT2D eigenvalue weighted by molar-refractivity contribution is 6.00. The summed E-state index contributed by atoms with van der Waals surface area (Å²) in [6.45, 7) is 6.60. The van der Waals surface area contributed by atoms with Gasteiger partial charge in [-0.3, -0.25) is 4.79 Å². The minimum Gasteiger partial charge on any atom is -0.497 e. The number of carbonyl (C=O) groups is 1. The number of aromatic nitrogens is 2. The number of benzene rings is 1. The fourth-order valence-electron chi connectivity index (χ4n) is 3.07. The molecule has 0 N–H and O–H groups in total. The van der Waals surface area contributed by atoms with Crippen molar-refractivity contribution >= 4 is 17.2 Å². The van der Waals surface area contributed by atoms with Crippen LogP contribution in [0.15, 0.2) is 28.8 Å². The average molecular weight is 312 g/mol. The summed E-state index contributed by atoms with van der Waals surface area (Å²) in [5, 5.41) is 5.02. The number of hydrogen-bond acceptors (Lipinski definition) is 4. The Morgan fingerprint density at radius 1 is 1.35 bits per heavy atom. The Morgan fingerprint density at radius 3 is 2.70 bits per heavy atom. The van der Waals surface area contributed by atoms with Crippen LogP contribution in [0.1, 0.15) is 47.3 Å². The van der Waals surface area contributed by atoms with E-state index in [1.807, 2.05) is 31.2 Å². The molecule has 23 heavy (non-hydrogen) atoms. The largest absolute Gasteiger partial charge is 0.497 e. The highest BCUT2D eigenvalue weighted by Gasteiger charge is 2.20. The van der Waals surface area contributed by atoms with Gasteiger partial charge in [-0.2, -0.15) is 0 Å². The molecular weight excluding hydrogens is 292 g/mol. The van der Waals surface area contributed by atoms with E-state index in [1.54, 1.807) is 7.11 Å². The van der Waals surface area contributed by atoms with Crippen LogP contribution < -0.4 is 4.74 Å². The molecule has 0 radical (unpaired) electrons. The molecular formula is C18H20N2O3. The number of nitrogens with zero attached hydrogens (tertiary/aromatic N) is 2. The monoisotopic (exact) mass is 312 g/mol. The zero-order valence-electron chi connectivity index (χ0n) is 13.8. The predicted molar refractivity (Wildman–Crippen MR) is 88.3 cm³/mol. The summed E-state index contributed by atoms with van der Waals surface area (Å²) in [6.07, 6.45) is 0.939. The molecule has 0 aliphatic rings. The molecule has 0 saturated carbocycles. The third kappa shape index (κ3) is 2.63. The number of ether oxygens (including phenoxy) is 1. The molecule has 5 heteroatoms. The minimum absolute atomic E-state index is 0.210. The van der Waals surface area contributed by atoms with Crippen molar-refractivity contribution in [3.05, 3.63) is 47.0 Å². The third-order valence-electron chi connectivity index (χ3n) is 4.01. The first-order valence-corrected chi connectivity index (χ1v) is 7.62. The number of hydrogen-bond donors (Lipinski definition) is 0. The van der Waals surface area contributed by atoms with Gasteiger partial charge in [-0.05, 0) is 25.0 Å². The van der Waals surface area contributed by atoms with Crippen LogP contribution >= 0.6 is 0 Å². The van der Waals surface area contributed by atoms with E-state index in [1.165, 1.54) is 0 Å². The number of methoxy groups -OCH3 is 1. The van der Waals surface area contributed by atoms with Gasteiger partial charge in [-0.25, -0.2) is 0 Å². The first-order chi connectivity index (χ1) is 11.0. The summed E-state index contributed by atoms with van der Waals surface area (Å²) in [7, 11) is 1.64. The summed E-state index contributed by atoms with van der Waals surface area (Å²) < 4.78 is 12.6. The lowest BCUT2D eigenvalue weighted by molar-refractivity contribution is 0.112. The van der Waals surface area contributed by atoms with Crippen molar-refractivity contribution in [3.8, 4) is 5.75 Å². The molecule has 0 aliphatic carbocycles. The van der Waals surface area contributed by atoms with E-state index in [0.717, 1.165) is 45.7 Å². The molecule has 0 fully saturated rings. The molecule has 0 spiro atoms. The Morgan fingerprint density at radius 2 is 2.13 bits per heavy atom. The van der Waals surface area contributed by atoms with Crippen LogP contribution in [-0.2, 0) is 6.54 Å². The quantitative estimate of drug-likeness (QED) is 0.670. The van der Waals surface area contributed by atoms with Crippen LogP contribution in [0, 0.1) is 6.92 Å². The van der Waals surface area contributed by atoms with Crippen molar-refractivity contribution in [2.24, 2.45) is 0 Å². The molecule has 0 aliphatic heterocycles. The summed E-state index contributed by atoms with van der Waals surface area (Å²) in [6, 6.07) is 7.69. The number of aryl methyl sites for hydroxylation is 1. The van der Waals surface area contributed by atoms with Gasteiger partial charge in [-0.15, -0.1) is 0 Å². The Labute approximate surface area is 134 Å². The fourth-order valence-corrected chi connectivity index (χ4v) is 3.07. The third-order valence-corrected chi connectivity index (χ3v) is 4.01. The molecule has 2 aromatic heterocycles. The second kappa shape index (κ2) is 5.91. The van der Waals surface area contributed by atoms with Gasteiger partial charge in [-0.1, -0.05) is 19.0 Å². The average Bonchev–Trinajstić information content (AvgIpc) is 3.08. The normalized spacial score (nSPS) is 11.3. The molecule has 2 heterocycles. The predicted octanol–water partition coefficient (Wildman–Crippen LogP) is 3.93. The van der Waals surface area contributed by atoms with Crippen molar-refractivity contribution in [3.63, 3.8) is 0 Å². The summed E-state index contributed by atoms with van der Waals surface area (Å²) in [4.78, 5) is 11.7. The molecule has 3 aromatic rings. The highest BCUT2D eigenvalue weighted by Crippen LogP contribution is 2.33. The highest BCUT2D eigenvalue weighted by atomic mass is 16.5. The molecule has 1 aromatic carbocycles. The number of fused-ring (bicyclic) bond motifs is 1.